The minimum absolute atomic E-state index is 0.305. The number of carbonyl (C=O) groups is 1. The summed E-state index contributed by atoms with van der Waals surface area (Å²) in [4.78, 5) is 10.6. The minimum atomic E-state index is 0.305. The van der Waals surface area contributed by atoms with E-state index < -0.39 is 0 Å². The van der Waals surface area contributed by atoms with Gasteiger partial charge in [-0.25, -0.2) is 0 Å². The first-order chi connectivity index (χ1) is 6.29. The van der Waals surface area contributed by atoms with Gasteiger partial charge in [0.2, 0.25) is 0 Å². The van der Waals surface area contributed by atoms with Gasteiger partial charge in [0.15, 0.2) is 6.29 Å². The number of hydrogen-bond donors (Lipinski definition) is 0. The highest BCUT2D eigenvalue weighted by Crippen LogP contribution is 2.29. The smallest absolute Gasteiger partial charge is 0.153 e. The van der Waals surface area contributed by atoms with Gasteiger partial charge >= 0.3 is 0 Å². The van der Waals surface area contributed by atoms with E-state index in [0.29, 0.717) is 22.4 Å². The molecule has 0 aliphatic heterocycles. The van der Waals surface area contributed by atoms with E-state index in [1.807, 2.05) is 0 Å². The van der Waals surface area contributed by atoms with Crippen LogP contribution in [0.15, 0.2) is 18.2 Å². The molecule has 1 aromatic carbocycles. The predicted molar refractivity (Wildman–Crippen MR) is 50.5 cm³/mol. The molecule has 0 amide bonds. The van der Waals surface area contributed by atoms with Gasteiger partial charge in [0.05, 0.1) is 11.7 Å². The molecule has 0 unspecified atom stereocenters. The second-order valence-electron chi connectivity index (χ2n) is 3.12. The van der Waals surface area contributed by atoms with E-state index in [9.17, 15) is 4.79 Å². The zero-order chi connectivity index (χ0) is 9.26. The zero-order valence-corrected chi connectivity index (χ0v) is 7.75. The van der Waals surface area contributed by atoms with Crippen LogP contribution < -0.4 is 4.74 Å². The second kappa shape index (κ2) is 3.38. The van der Waals surface area contributed by atoms with Crippen molar-refractivity contribution in [3.05, 3.63) is 28.8 Å². The lowest BCUT2D eigenvalue weighted by Crippen LogP contribution is -1.98. The second-order valence-corrected chi connectivity index (χ2v) is 3.55. The fourth-order valence-corrected chi connectivity index (χ4v) is 1.26. The molecular weight excluding hydrogens is 188 g/mol. The van der Waals surface area contributed by atoms with E-state index >= 15 is 0 Å². The van der Waals surface area contributed by atoms with Gasteiger partial charge in [0.25, 0.3) is 0 Å². The Hall–Kier alpha value is -1.02. The zero-order valence-electron chi connectivity index (χ0n) is 7.00. The average Bonchev–Trinajstić information content (AvgIpc) is 2.92. The van der Waals surface area contributed by atoms with Gasteiger partial charge in [-0.2, -0.15) is 0 Å². The molecule has 0 aromatic heterocycles. The highest BCUT2D eigenvalue weighted by atomic mass is 35.5. The summed E-state index contributed by atoms with van der Waals surface area (Å²) in [6.07, 6.45) is 3.24. The van der Waals surface area contributed by atoms with Crippen LogP contribution in [0.1, 0.15) is 23.2 Å². The van der Waals surface area contributed by atoms with Gasteiger partial charge in [-0.15, -0.1) is 0 Å². The summed E-state index contributed by atoms with van der Waals surface area (Å²) >= 11 is 5.73. The molecule has 1 aromatic rings. The number of halogens is 1. The topological polar surface area (TPSA) is 26.3 Å². The highest BCUT2D eigenvalue weighted by Gasteiger charge is 2.24. The summed E-state index contributed by atoms with van der Waals surface area (Å²) in [5.74, 6) is 0.641. The van der Waals surface area contributed by atoms with E-state index in [1.54, 1.807) is 18.2 Å². The van der Waals surface area contributed by atoms with Gasteiger partial charge in [0.1, 0.15) is 5.75 Å². The fraction of sp³-hybridized carbons (Fsp3) is 0.300. The maximum Gasteiger partial charge on any atom is 0.153 e. The first-order valence-corrected chi connectivity index (χ1v) is 4.59. The van der Waals surface area contributed by atoms with Gasteiger partial charge < -0.3 is 4.74 Å². The van der Waals surface area contributed by atoms with Gasteiger partial charge in [-0.05, 0) is 31.0 Å². The molecule has 68 valence electrons. The Bertz CT molecular complexity index is 332. The number of carbonyl (C=O) groups excluding carboxylic acids is 1. The monoisotopic (exact) mass is 196 g/mol. The molecule has 13 heavy (non-hydrogen) atoms. The first kappa shape index (κ1) is 8.57. The fourth-order valence-electron chi connectivity index (χ4n) is 1.08. The largest absolute Gasteiger partial charge is 0.490 e. The van der Waals surface area contributed by atoms with Crippen molar-refractivity contribution in [1.82, 2.24) is 0 Å². The van der Waals surface area contributed by atoms with Crippen LogP contribution in [-0.2, 0) is 0 Å². The average molecular weight is 197 g/mol. The Morgan fingerprint density at radius 3 is 2.85 bits per heavy atom. The van der Waals surface area contributed by atoms with E-state index in [4.69, 9.17) is 16.3 Å². The number of benzene rings is 1. The third-order valence-electron chi connectivity index (χ3n) is 1.92. The first-order valence-electron chi connectivity index (χ1n) is 4.21. The molecule has 0 N–H and O–H groups in total. The quantitative estimate of drug-likeness (QED) is 0.695. The van der Waals surface area contributed by atoms with Crippen LogP contribution in [0.2, 0.25) is 5.02 Å². The van der Waals surface area contributed by atoms with Crippen LogP contribution in [0, 0.1) is 0 Å². The maximum absolute atomic E-state index is 10.6. The van der Waals surface area contributed by atoms with Crippen LogP contribution >= 0.6 is 11.6 Å². The van der Waals surface area contributed by atoms with Crippen molar-refractivity contribution in [2.45, 2.75) is 18.9 Å². The SMILES string of the molecule is O=Cc1cc(Cl)ccc1OC1CC1. The molecule has 1 aliphatic carbocycles. The van der Waals surface area contributed by atoms with Crippen LogP contribution in [0.4, 0.5) is 0 Å². The number of ether oxygens (including phenoxy) is 1. The van der Waals surface area contributed by atoms with Crippen LogP contribution in [0.25, 0.3) is 0 Å². The van der Waals surface area contributed by atoms with Crippen LogP contribution in [-0.4, -0.2) is 12.4 Å². The third kappa shape index (κ3) is 2.01. The Balaban J connectivity index is 2.25. The molecular formula is C10H9ClO2. The number of hydrogen-bond acceptors (Lipinski definition) is 2. The Labute approximate surface area is 81.5 Å². The predicted octanol–water partition coefficient (Wildman–Crippen LogP) is 2.69. The standard InChI is InChI=1S/C10H9ClO2/c11-8-1-4-10(7(5-8)6-12)13-9-2-3-9/h1,4-6,9H,2-3H2. The molecule has 0 saturated heterocycles. The highest BCUT2D eigenvalue weighted by molar-refractivity contribution is 6.30. The summed E-state index contributed by atoms with van der Waals surface area (Å²) in [5.41, 5.74) is 0.527. The molecule has 0 bridgehead atoms. The summed E-state index contributed by atoms with van der Waals surface area (Å²) in [6.45, 7) is 0. The molecule has 1 fully saturated rings. The van der Waals surface area contributed by atoms with Crippen molar-refractivity contribution in [1.29, 1.82) is 0 Å². The van der Waals surface area contributed by atoms with Crippen molar-refractivity contribution >= 4 is 17.9 Å². The van der Waals surface area contributed by atoms with E-state index in [0.717, 1.165) is 19.1 Å². The molecule has 0 atom stereocenters. The molecule has 0 radical (unpaired) electrons. The Morgan fingerprint density at radius 2 is 2.23 bits per heavy atom. The number of aldehydes is 1. The van der Waals surface area contributed by atoms with Crippen molar-refractivity contribution in [2.24, 2.45) is 0 Å². The summed E-state index contributed by atoms with van der Waals surface area (Å²) in [5, 5.41) is 0.560. The van der Waals surface area contributed by atoms with Crippen molar-refractivity contribution in [3.63, 3.8) is 0 Å². The van der Waals surface area contributed by atoms with Crippen LogP contribution in [0.5, 0.6) is 5.75 Å². The lowest BCUT2D eigenvalue weighted by molar-refractivity contribution is 0.111. The third-order valence-corrected chi connectivity index (χ3v) is 2.15. The molecule has 1 saturated carbocycles. The van der Waals surface area contributed by atoms with E-state index in [1.165, 1.54) is 0 Å². The minimum Gasteiger partial charge on any atom is -0.490 e. The molecule has 0 spiro atoms. The molecule has 0 heterocycles. The summed E-state index contributed by atoms with van der Waals surface area (Å²) in [7, 11) is 0. The van der Waals surface area contributed by atoms with Gasteiger partial charge in [-0.3, -0.25) is 4.79 Å². The van der Waals surface area contributed by atoms with Gasteiger partial charge in [-0.1, -0.05) is 11.6 Å². The van der Waals surface area contributed by atoms with Crippen LogP contribution in [0.3, 0.4) is 0 Å². The number of rotatable bonds is 3. The Morgan fingerprint density at radius 1 is 1.46 bits per heavy atom. The summed E-state index contributed by atoms with van der Waals surface area (Å²) in [6, 6.07) is 5.09. The van der Waals surface area contributed by atoms with Crippen molar-refractivity contribution < 1.29 is 9.53 Å². The lowest BCUT2D eigenvalue weighted by atomic mass is 10.2. The van der Waals surface area contributed by atoms with E-state index in [-0.39, 0.29) is 0 Å². The molecule has 2 rings (SSSR count). The van der Waals surface area contributed by atoms with E-state index in [2.05, 4.69) is 0 Å². The molecule has 1 aliphatic rings. The lowest BCUT2D eigenvalue weighted by Gasteiger charge is -2.06. The molecule has 2 nitrogen and oxygen atoms in total. The normalized spacial score (nSPS) is 15.5. The maximum atomic E-state index is 10.6. The van der Waals surface area contributed by atoms with Crippen molar-refractivity contribution in [2.75, 3.05) is 0 Å². The van der Waals surface area contributed by atoms with Gasteiger partial charge in [0, 0.05) is 5.02 Å². The van der Waals surface area contributed by atoms with Crippen molar-refractivity contribution in [3.8, 4) is 5.75 Å². The summed E-state index contributed by atoms with van der Waals surface area (Å²) < 4.78 is 5.51. The Kier molecular flexibility index (Phi) is 2.23. The molecule has 3 heteroatoms.